The highest BCUT2D eigenvalue weighted by atomic mass is 16.4. The van der Waals surface area contributed by atoms with Gasteiger partial charge in [-0.25, -0.2) is 0 Å². The van der Waals surface area contributed by atoms with Crippen LogP contribution in [0.5, 0.6) is 0 Å². The van der Waals surface area contributed by atoms with Crippen molar-refractivity contribution in [2.24, 2.45) is 0 Å². The Morgan fingerprint density at radius 1 is 1.38 bits per heavy atom. The van der Waals surface area contributed by atoms with E-state index in [-0.39, 0.29) is 6.42 Å². The van der Waals surface area contributed by atoms with E-state index in [0.29, 0.717) is 12.1 Å². The Morgan fingerprint density at radius 3 is 2.94 bits per heavy atom. The highest BCUT2D eigenvalue weighted by molar-refractivity contribution is 5.69. The fourth-order valence-electron chi connectivity index (χ4n) is 1.44. The van der Waals surface area contributed by atoms with Crippen LogP contribution in [0.15, 0.2) is 30.5 Å². The van der Waals surface area contributed by atoms with Crippen molar-refractivity contribution < 1.29 is 9.90 Å². The number of hydrogen-bond acceptors (Lipinski definition) is 3. The zero-order chi connectivity index (χ0) is 11.4. The van der Waals surface area contributed by atoms with Gasteiger partial charge in [-0.15, -0.1) is 0 Å². The van der Waals surface area contributed by atoms with Gasteiger partial charge < -0.3 is 5.11 Å². The maximum absolute atomic E-state index is 10.5. The maximum Gasteiger partial charge on any atom is 0.309 e. The molecule has 0 bridgehead atoms. The molecule has 0 saturated carbocycles. The number of carboxylic acids is 1. The van der Waals surface area contributed by atoms with Crippen LogP contribution in [0.1, 0.15) is 17.1 Å². The first kappa shape index (κ1) is 10.4. The molecule has 0 saturated heterocycles. The van der Waals surface area contributed by atoms with Crippen LogP contribution in [0.3, 0.4) is 0 Å². The predicted molar refractivity (Wildman–Crippen MR) is 57.0 cm³/mol. The van der Waals surface area contributed by atoms with Crippen molar-refractivity contribution in [1.29, 1.82) is 0 Å². The normalized spacial score (nSPS) is 10.2. The van der Waals surface area contributed by atoms with Crippen molar-refractivity contribution in [1.82, 2.24) is 15.2 Å². The van der Waals surface area contributed by atoms with E-state index in [1.807, 2.05) is 18.2 Å². The van der Waals surface area contributed by atoms with Gasteiger partial charge >= 0.3 is 5.97 Å². The number of nitrogens with zero attached hydrogens (tertiary/aromatic N) is 2. The minimum atomic E-state index is -0.879. The number of rotatable bonds is 4. The molecule has 16 heavy (non-hydrogen) atoms. The second-order valence-electron chi connectivity index (χ2n) is 3.45. The molecule has 2 N–H and O–H groups in total. The van der Waals surface area contributed by atoms with Gasteiger partial charge in [0.1, 0.15) is 0 Å². The SMILES string of the molecule is O=C(O)Cc1cc(Cc2ccccn2)[nH]n1. The lowest BCUT2D eigenvalue weighted by Crippen LogP contribution is -1.99. The Hall–Kier alpha value is -2.17. The topological polar surface area (TPSA) is 78.9 Å². The highest BCUT2D eigenvalue weighted by Gasteiger charge is 2.06. The fourth-order valence-corrected chi connectivity index (χ4v) is 1.44. The molecule has 0 fully saturated rings. The summed E-state index contributed by atoms with van der Waals surface area (Å²) in [6.45, 7) is 0. The van der Waals surface area contributed by atoms with Crippen LogP contribution in [-0.2, 0) is 17.6 Å². The number of aliphatic carboxylic acids is 1. The number of aromatic nitrogens is 3. The van der Waals surface area contributed by atoms with E-state index in [2.05, 4.69) is 15.2 Å². The molecule has 0 aliphatic rings. The molecule has 0 radical (unpaired) electrons. The average molecular weight is 217 g/mol. The van der Waals surface area contributed by atoms with Gasteiger partial charge in [-0.05, 0) is 18.2 Å². The molecule has 2 heterocycles. The quantitative estimate of drug-likeness (QED) is 0.801. The van der Waals surface area contributed by atoms with Crippen molar-refractivity contribution in [3.05, 3.63) is 47.5 Å². The monoisotopic (exact) mass is 217 g/mol. The van der Waals surface area contributed by atoms with Crippen molar-refractivity contribution in [2.45, 2.75) is 12.8 Å². The molecule has 0 spiro atoms. The summed E-state index contributed by atoms with van der Waals surface area (Å²) in [7, 11) is 0. The molecule has 0 aliphatic carbocycles. The molecule has 0 aromatic carbocycles. The third-order valence-corrected chi connectivity index (χ3v) is 2.11. The summed E-state index contributed by atoms with van der Waals surface area (Å²) < 4.78 is 0. The number of pyridine rings is 1. The lowest BCUT2D eigenvalue weighted by molar-refractivity contribution is -0.136. The summed E-state index contributed by atoms with van der Waals surface area (Å²) in [6, 6.07) is 7.43. The Labute approximate surface area is 92.2 Å². The molecule has 0 amide bonds. The number of carbonyl (C=O) groups is 1. The van der Waals surface area contributed by atoms with Gasteiger partial charge in [0.25, 0.3) is 0 Å². The molecular weight excluding hydrogens is 206 g/mol. The lowest BCUT2D eigenvalue weighted by Gasteiger charge is -1.95. The third-order valence-electron chi connectivity index (χ3n) is 2.11. The summed E-state index contributed by atoms with van der Waals surface area (Å²) in [6.07, 6.45) is 2.30. The zero-order valence-corrected chi connectivity index (χ0v) is 8.55. The first-order chi connectivity index (χ1) is 7.74. The predicted octanol–water partition coefficient (Wildman–Crippen LogP) is 1.02. The Bertz CT molecular complexity index is 479. The van der Waals surface area contributed by atoms with E-state index in [0.717, 1.165) is 11.4 Å². The fraction of sp³-hybridized carbons (Fsp3) is 0.182. The smallest absolute Gasteiger partial charge is 0.309 e. The molecule has 2 aromatic rings. The van der Waals surface area contributed by atoms with Crippen LogP contribution in [0, 0.1) is 0 Å². The van der Waals surface area contributed by atoms with Crippen molar-refractivity contribution in [2.75, 3.05) is 0 Å². The van der Waals surface area contributed by atoms with Gasteiger partial charge in [0.2, 0.25) is 0 Å². The number of aromatic amines is 1. The van der Waals surface area contributed by atoms with Crippen LogP contribution in [-0.4, -0.2) is 26.3 Å². The van der Waals surface area contributed by atoms with Crippen LogP contribution in [0.4, 0.5) is 0 Å². The molecule has 2 aromatic heterocycles. The molecular formula is C11H11N3O2. The minimum Gasteiger partial charge on any atom is -0.481 e. The second kappa shape index (κ2) is 4.57. The number of nitrogens with one attached hydrogen (secondary N) is 1. The van der Waals surface area contributed by atoms with Crippen LogP contribution in [0.25, 0.3) is 0 Å². The van der Waals surface area contributed by atoms with Crippen molar-refractivity contribution in [3.63, 3.8) is 0 Å². The number of hydrogen-bond donors (Lipinski definition) is 2. The summed E-state index contributed by atoms with van der Waals surface area (Å²) in [5.74, 6) is -0.879. The third kappa shape index (κ3) is 2.66. The molecule has 2 rings (SSSR count). The van der Waals surface area contributed by atoms with E-state index < -0.39 is 5.97 Å². The highest BCUT2D eigenvalue weighted by Crippen LogP contribution is 2.06. The summed E-state index contributed by atoms with van der Waals surface area (Å²) in [4.78, 5) is 14.7. The van der Waals surface area contributed by atoms with Crippen molar-refractivity contribution >= 4 is 5.97 Å². The molecule has 82 valence electrons. The van der Waals surface area contributed by atoms with E-state index >= 15 is 0 Å². The van der Waals surface area contributed by atoms with E-state index in [4.69, 9.17) is 5.11 Å². The van der Waals surface area contributed by atoms with Gasteiger partial charge in [0.05, 0.1) is 12.1 Å². The van der Waals surface area contributed by atoms with Gasteiger partial charge in [-0.3, -0.25) is 14.9 Å². The second-order valence-corrected chi connectivity index (χ2v) is 3.45. The number of carboxylic acid groups (broad SMARTS) is 1. The standard InChI is InChI=1S/C11H11N3O2/c15-11(16)7-10-6-9(13-14-10)5-8-3-1-2-4-12-8/h1-4,6H,5,7H2,(H,13,14)(H,15,16). The zero-order valence-electron chi connectivity index (χ0n) is 8.55. The Balaban J connectivity index is 2.06. The summed E-state index contributed by atoms with van der Waals surface area (Å²) in [5, 5.41) is 15.3. The molecule has 5 nitrogen and oxygen atoms in total. The molecule has 5 heteroatoms. The minimum absolute atomic E-state index is 0.0568. The summed E-state index contributed by atoms with van der Waals surface area (Å²) >= 11 is 0. The van der Waals surface area contributed by atoms with Crippen LogP contribution in [0.2, 0.25) is 0 Å². The van der Waals surface area contributed by atoms with Crippen molar-refractivity contribution in [3.8, 4) is 0 Å². The van der Waals surface area contributed by atoms with Crippen LogP contribution < -0.4 is 0 Å². The van der Waals surface area contributed by atoms with Gasteiger partial charge in [0, 0.05) is 24.0 Å². The largest absolute Gasteiger partial charge is 0.481 e. The van der Waals surface area contributed by atoms with Gasteiger partial charge in [-0.1, -0.05) is 6.07 Å². The summed E-state index contributed by atoms with van der Waals surface area (Å²) in [5.41, 5.74) is 2.33. The Morgan fingerprint density at radius 2 is 2.25 bits per heavy atom. The molecule has 0 atom stereocenters. The number of H-pyrrole nitrogens is 1. The van der Waals surface area contributed by atoms with Crippen LogP contribution >= 0.6 is 0 Å². The van der Waals surface area contributed by atoms with E-state index in [1.54, 1.807) is 12.3 Å². The lowest BCUT2D eigenvalue weighted by atomic mass is 10.2. The average Bonchev–Trinajstić information content (AvgIpc) is 2.66. The first-order valence-electron chi connectivity index (χ1n) is 4.89. The van der Waals surface area contributed by atoms with Gasteiger partial charge in [0.15, 0.2) is 0 Å². The van der Waals surface area contributed by atoms with E-state index in [9.17, 15) is 4.79 Å². The first-order valence-corrected chi connectivity index (χ1v) is 4.89. The van der Waals surface area contributed by atoms with Gasteiger partial charge in [-0.2, -0.15) is 5.10 Å². The van der Waals surface area contributed by atoms with E-state index in [1.165, 1.54) is 0 Å². The molecule has 0 aliphatic heterocycles. The Kier molecular flexibility index (Phi) is 2.95. The maximum atomic E-state index is 10.5. The molecule has 0 unspecified atom stereocenters.